The highest BCUT2D eigenvalue weighted by molar-refractivity contribution is 5.31. The fraction of sp³-hybridized carbons (Fsp3) is 0.455. The van der Waals surface area contributed by atoms with Crippen LogP contribution in [0.15, 0.2) is 18.2 Å². The fourth-order valence-electron chi connectivity index (χ4n) is 1.61. The molecule has 1 aromatic rings. The minimum Gasteiger partial charge on any atom is -0.231 e. The van der Waals surface area contributed by atoms with Gasteiger partial charge in [0.1, 0.15) is 5.82 Å². The molecule has 1 unspecified atom stereocenters. The van der Waals surface area contributed by atoms with Gasteiger partial charge in [0.05, 0.1) is 6.54 Å². The molecule has 0 radical (unpaired) electrons. The molecular weight excluding hydrogens is 279 g/mol. The number of hydrogen-bond donors (Lipinski definition) is 1. The van der Waals surface area contributed by atoms with Crippen LogP contribution in [0, 0.1) is 11.6 Å². The van der Waals surface area contributed by atoms with Crippen molar-refractivity contribution in [2.45, 2.75) is 25.6 Å². The van der Waals surface area contributed by atoms with Crippen LogP contribution in [-0.2, 0) is 0 Å². The number of alkyl halides is 5. The molecule has 1 aromatic carbocycles. The van der Waals surface area contributed by atoms with Crippen molar-refractivity contribution in [1.29, 1.82) is 0 Å². The summed E-state index contributed by atoms with van der Waals surface area (Å²) in [7, 11) is 0. The third-order valence-corrected chi connectivity index (χ3v) is 2.49. The average molecular weight is 290 g/mol. The molecule has 0 fully saturated rings. The van der Waals surface area contributed by atoms with Gasteiger partial charge in [-0.3, -0.25) is 0 Å². The number of benzene rings is 1. The van der Waals surface area contributed by atoms with E-state index in [9.17, 15) is 30.7 Å². The Balaban J connectivity index is 3.32. The van der Waals surface area contributed by atoms with E-state index in [1.807, 2.05) is 0 Å². The Kier molecular flexibility index (Phi) is 4.44. The van der Waals surface area contributed by atoms with Gasteiger partial charge in [0.2, 0.25) is 0 Å². The molecule has 0 heterocycles. The first-order valence-electron chi connectivity index (χ1n) is 5.37. The highest BCUT2D eigenvalue weighted by Crippen LogP contribution is 2.32. The molecule has 1 rings (SSSR count). The molecule has 108 valence electrons. The lowest BCUT2D eigenvalue weighted by molar-refractivity contribution is -0.950. The Morgan fingerprint density at radius 2 is 1.63 bits per heavy atom. The number of nitrogens with one attached hydrogen (secondary N) is 1. The van der Waals surface area contributed by atoms with Gasteiger partial charge in [-0.05, 0) is 18.6 Å². The van der Waals surface area contributed by atoms with Gasteiger partial charge in [0, 0.05) is 6.07 Å². The predicted molar refractivity (Wildman–Crippen MR) is 53.1 cm³/mol. The summed E-state index contributed by atoms with van der Waals surface area (Å²) in [6.07, 6.45) is -5.91. The highest BCUT2D eigenvalue weighted by atomic mass is 19.4. The van der Waals surface area contributed by atoms with E-state index in [0.717, 1.165) is 0 Å². The maximum absolute atomic E-state index is 13.4. The summed E-state index contributed by atoms with van der Waals surface area (Å²) in [5, 5.41) is 0. The summed E-state index contributed by atoms with van der Waals surface area (Å²) in [4.78, 5) is -1.46. The molecule has 0 amide bonds. The molecule has 0 saturated carbocycles. The van der Waals surface area contributed by atoms with Crippen molar-refractivity contribution >= 4 is 5.69 Å². The van der Waals surface area contributed by atoms with Crippen LogP contribution in [0.5, 0.6) is 0 Å². The summed E-state index contributed by atoms with van der Waals surface area (Å²) in [5.74, 6) is -2.39. The molecule has 0 saturated heterocycles. The van der Waals surface area contributed by atoms with Crippen LogP contribution in [0.3, 0.4) is 0 Å². The number of rotatable bonds is 4. The second kappa shape index (κ2) is 5.36. The smallest absolute Gasteiger partial charge is 0.231 e. The second-order valence-corrected chi connectivity index (χ2v) is 3.92. The summed E-state index contributed by atoms with van der Waals surface area (Å²) in [6.45, 7) is 0.677. The molecule has 1 N–H and O–H groups in total. The van der Waals surface area contributed by atoms with Crippen molar-refractivity contribution in [2.24, 2.45) is 0 Å². The first kappa shape index (κ1) is 15.7. The lowest BCUT2D eigenvalue weighted by atomic mass is 10.2. The zero-order chi connectivity index (χ0) is 14.8. The minimum absolute atomic E-state index is 0.0586. The Bertz CT molecular complexity index is 441. The first-order valence-corrected chi connectivity index (χ1v) is 5.37. The van der Waals surface area contributed by atoms with Crippen LogP contribution in [0.4, 0.5) is 36.4 Å². The highest BCUT2D eigenvalue weighted by Gasteiger charge is 2.67. The van der Waals surface area contributed by atoms with Crippen LogP contribution in [0.25, 0.3) is 0 Å². The number of halogens is 7. The maximum Gasteiger partial charge on any atom is 0.515 e. The predicted octanol–water partition coefficient (Wildman–Crippen LogP) is 3.05. The van der Waals surface area contributed by atoms with E-state index in [1.54, 1.807) is 0 Å². The molecule has 0 aliphatic rings. The molecule has 0 aliphatic heterocycles. The van der Waals surface area contributed by atoms with Gasteiger partial charge in [0.25, 0.3) is 0 Å². The largest absolute Gasteiger partial charge is 0.515 e. The standard InChI is InChI=1S/C11H10F7N/c1-2-5-19(11(17,18)10(14,15)16)9-6-7(12)3-4-8(9)13/h3-4,6H,2,5H2,1H3/p+1. The normalized spacial score (nSPS) is 14.5. The van der Waals surface area contributed by atoms with Crippen molar-refractivity contribution in [3.05, 3.63) is 29.8 Å². The van der Waals surface area contributed by atoms with E-state index >= 15 is 0 Å². The van der Waals surface area contributed by atoms with Crippen LogP contribution in [0.2, 0.25) is 0 Å². The van der Waals surface area contributed by atoms with Gasteiger partial charge in [0.15, 0.2) is 11.5 Å². The first-order chi connectivity index (χ1) is 8.61. The van der Waals surface area contributed by atoms with E-state index in [0.29, 0.717) is 18.2 Å². The van der Waals surface area contributed by atoms with E-state index in [-0.39, 0.29) is 6.42 Å². The molecule has 0 spiro atoms. The average Bonchev–Trinajstić information content (AvgIpc) is 2.28. The second-order valence-electron chi connectivity index (χ2n) is 3.92. The maximum atomic E-state index is 13.4. The zero-order valence-electron chi connectivity index (χ0n) is 9.79. The molecule has 19 heavy (non-hydrogen) atoms. The van der Waals surface area contributed by atoms with Crippen molar-refractivity contribution in [1.82, 2.24) is 0 Å². The van der Waals surface area contributed by atoms with Gasteiger partial charge in [-0.15, -0.1) is 8.78 Å². The lowest BCUT2D eigenvalue weighted by Crippen LogP contribution is -3.16. The third-order valence-electron chi connectivity index (χ3n) is 2.49. The molecule has 1 nitrogen and oxygen atoms in total. The summed E-state index contributed by atoms with van der Waals surface area (Å²) in [5.41, 5.74) is -1.04. The summed E-state index contributed by atoms with van der Waals surface area (Å²) in [6, 6.07) is -3.68. The Morgan fingerprint density at radius 3 is 2.11 bits per heavy atom. The quantitative estimate of drug-likeness (QED) is 0.642. The van der Waals surface area contributed by atoms with Gasteiger partial charge >= 0.3 is 12.2 Å². The third kappa shape index (κ3) is 3.17. The van der Waals surface area contributed by atoms with Crippen LogP contribution in [0.1, 0.15) is 13.3 Å². The Morgan fingerprint density at radius 1 is 1.05 bits per heavy atom. The zero-order valence-corrected chi connectivity index (χ0v) is 9.79. The van der Waals surface area contributed by atoms with Gasteiger partial charge in [-0.2, -0.15) is 13.2 Å². The van der Waals surface area contributed by atoms with Crippen LogP contribution >= 0.6 is 0 Å². The monoisotopic (exact) mass is 290 g/mol. The van der Waals surface area contributed by atoms with Crippen molar-refractivity contribution in [3.63, 3.8) is 0 Å². The molecule has 0 aromatic heterocycles. The molecule has 1 atom stereocenters. The SMILES string of the molecule is CCC[NH+](c1cc(F)ccc1F)C(F)(F)C(F)(F)F. The topological polar surface area (TPSA) is 4.44 Å². The molecule has 0 bridgehead atoms. The Hall–Kier alpha value is -1.31. The van der Waals surface area contributed by atoms with E-state index in [4.69, 9.17) is 0 Å². The Labute approximate surface area is 104 Å². The molecule has 0 aliphatic carbocycles. The van der Waals surface area contributed by atoms with Crippen molar-refractivity contribution in [2.75, 3.05) is 6.54 Å². The fourth-order valence-corrected chi connectivity index (χ4v) is 1.61. The van der Waals surface area contributed by atoms with Crippen LogP contribution < -0.4 is 4.90 Å². The van der Waals surface area contributed by atoms with E-state index in [2.05, 4.69) is 0 Å². The lowest BCUT2D eigenvalue weighted by Gasteiger charge is -2.28. The van der Waals surface area contributed by atoms with Crippen LogP contribution in [-0.4, -0.2) is 18.8 Å². The molecular formula is C11H11F7N+. The number of quaternary nitrogens is 1. The van der Waals surface area contributed by atoms with E-state index in [1.165, 1.54) is 6.92 Å². The minimum atomic E-state index is -5.85. The van der Waals surface area contributed by atoms with Crippen molar-refractivity contribution < 1.29 is 35.6 Å². The summed E-state index contributed by atoms with van der Waals surface area (Å²) < 4.78 is 90.0. The molecule has 8 heteroatoms. The van der Waals surface area contributed by atoms with Gasteiger partial charge < -0.3 is 0 Å². The van der Waals surface area contributed by atoms with Gasteiger partial charge in [-0.25, -0.2) is 13.7 Å². The summed E-state index contributed by atoms with van der Waals surface area (Å²) >= 11 is 0. The van der Waals surface area contributed by atoms with Crippen molar-refractivity contribution in [3.8, 4) is 0 Å². The van der Waals surface area contributed by atoms with Gasteiger partial charge in [-0.1, -0.05) is 6.92 Å². The van der Waals surface area contributed by atoms with E-state index < -0.39 is 41.0 Å². The number of hydrogen-bond acceptors (Lipinski definition) is 0.